The third-order valence-corrected chi connectivity index (χ3v) is 4.13. The van der Waals surface area contributed by atoms with Crippen LogP contribution in [0.25, 0.3) is 0 Å². The average molecular weight is 288 g/mol. The Morgan fingerprint density at radius 2 is 2.17 bits per heavy atom. The first-order valence-corrected chi connectivity index (χ1v) is 7.19. The van der Waals surface area contributed by atoms with E-state index in [1.807, 2.05) is 32.9 Å². The van der Waals surface area contributed by atoms with E-state index < -0.39 is 11.0 Å². The summed E-state index contributed by atoms with van der Waals surface area (Å²) in [6, 6.07) is 3.86. The summed E-state index contributed by atoms with van der Waals surface area (Å²) in [5, 5.41) is 3.17. The fourth-order valence-corrected chi connectivity index (χ4v) is 3.17. The molecule has 2 rings (SSSR count). The molecule has 0 bridgehead atoms. The number of carbonyl (C=O) groups is 1. The summed E-state index contributed by atoms with van der Waals surface area (Å²) in [4.78, 5) is 13.4. The Hall–Kier alpha value is -0.580. The van der Waals surface area contributed by atoms with Gasteiger partial charge in [-0.3, -0.25) is 4.79 Å². The van der Waals surface area contributed by atoms with Gasteiger partial charge in [-0.25, -0.2) is 0 Å². The van der Waals surface area contributed by atoms with Gasteiger partial charge >= 0.3 is 5.97 Å². The molecule has 0 unspecified atom stereocenters. The summed E-state index contributed by atoms with van der Waals surface area (Å²) in [6.07, 6.45) is 0.701. The predicted octanol–water partition coefficient (Wildman–Crippen LogP) is 2.88. The van der Waals surface area contributed by atoms with Gasteiger partial charge in [0.05, 0.1) is 9.75 Å². The molecule has 0 saturated carbocycles. The maximum absolute atomic E-state index is 12.3. The van der Waals surface area contributed by atoms with Crippen LogP contribution in [0.4, 0.5) is 0 Å². The number of rotatable bonds is 3. The van der Waals surface area contributed by atoms with Crippen molar-refractivity contribution in [1.82, 2.24) is 5.32 Å². The summed E-state index contributed by atoms with van der Waals surface area (Å²) < 4.78 is 6.28. The van der Waals surface area contributed by atoms with Crippen LogP contribution >= 0.6 is 22.9 Å². The highest BCUT2D eigenvalue weighted by Gasteiger charge is 2.47. The minimum Gasteiger partial charge on any atom is -0.459 e. The van der Waals surface area contributed by atoms with Crippen LogP contribution in [0, 0.1) is 5.41 Å². The second kappa shape index (κ2) is 4.83. The van der Waals surface area contributed by atoms with Gasteiger partial charge in [-0.15, -0.1) is 11.3 Å². The topological polar surface area (TPSA) is 38.3 Å². The van der Waals surface area contributed by atoms with E-state index in [2.05, 4.69) is 5.32 Å². The highest BCUT2D eigenvalue weighted by molar-refractivity contribution is 7.16. The number of hydrogen-bond acceptors (Lipinski definition) is 4. The molecule has 3 nitrogen and oxygen atoms in total. The van der Waals surface area contributed by atoms with Gasteiger partial charge in [0.15, 0.2) is 0 Å². The maximum atomic E-state index is 12.3. The van der Waals surface area contributed by atoms with E-state index in [0.717, 1.165) is 9.21 Å². The van der Waals surface area contributed by atoms with Crippen LogP contribution in [-0.4, -0.2) is 24.7 Å². The van der Waals surface area contributed by atoms with Crippen molar-refractivity contribution in [3.05, 3.63) is 21.3 Å². The largest absolute Gasteiger partial charge is 0.459 e. The van der Waals surface area contributed by atoms with Crippen LogP contribution in [0.2, 0.25) is 4.34 Å². The molecular formula is C13H18ClNO2S. The Bertz CT molecular complexity index is 446. The molecule has 0 aliphatic carbocycles. The van der Waals surface area contributed by atoms with Gasteiger partial charge in [-0.2, -0.15) is 0 Å². The van der Waals surface area contributed by atoms with Crippen LogP contribution in [0.3, 0.4) is 0 Å². The Morgan fingerprint density at radius 3 is 2.56 bits per heavy atom. The highest BCUT2D eigenvalue weighted by Crippen LogP contribution is 2.34. The molecule has 0 atom stereocenters. The molecule has 1 saturated heterocycles. The number of hydrogen-bond donors (Lipinski definition) is 1. The molecule has 5 heteroatoms. The van der Waals surface area contributed by atoms with Crippen molar-refractivity contribution < 1.29 is 9.53 Å². The highest BCUT2D eigenvalue weighted by atomic mass is 35.5. The quantitative estimate of drug-likeness (QED) is 0.869. The molecule has 100 valence electrons. The van der Waals surface area contributed by atoms with E-state index in [4.69, 9.17) is 16.3 Å². The smallest absolute Gasteiger partial charge is 0.315 e. The molecule has 0 radical (unpaired) electrons. The second-order valence-corrected chi connectivity index (χ2v) is 7.57. The lowest BCUT2D eigenvalue weighted by Crippen LogP contribution is -2.60. The van der Waals surface area contributed by atoms with Crippen molar-refractivity contribution in [1.29, 1.82) is 0 Å². The monoisotopic (exact) mass is 287 g/mol. The van der Waals surface area contributed by atoms with Crippen molar-refractivity contribution in [2.75, 3.05) is 13.1 Å². The van der Waals surface area contributed by atoms with Crippen LogP contribution in [0.5, 0.6) is 0 Å². The predicted molar refractivity (Wildman–Crippen MR) is 74.2 cm³/mol. The van der Waals surface area contributed by atoms with Crippen molar-refractivity contribution in [3.8, 4) is 0 Å². The zero-order chi connectivity index (χ0) is 13.4. The van der Waals surface area contributed by atoms with Crippen LogP contribution in [-0.2, 0) is 16.0 Å². The van der Waals surface area contributed by atoms with Gasteiger partial charge in [0.2, 0.25) is 0 Å². The number of thiophene rings is 1. The van der Waals surface area contributed by atoms with E-state index >= 15 is 0 Å². The molecule has 1 aromatic heterocycles. The van der Waals surface area contributed by atoms with Crippen molar-refractivity contribution >= 4 is 28.9 Å². The van der Waals surface area contributed by atoms with Gasteiger partial charge in [0.25, 0.3) is 0 Å². The normalized spacial score (nSPS) is 18.2. The lowest BCUT2D eigenvalue weighted by atomic mass is 9.78. The molecule has 18 heavy (non-hydrogen) atoms. The van der Waals surface area contributed by atoms with Crippen LogP contribution < -0.4 is 5.32 Å². The summed E-state index contributed by atoms with van der Waals surface area (Å²) in [5.41, 5.74) is -0.853. The minimum atomic E-state index is -0.438. The summed E-state index contributed by atoms with van der Waals surface area (Å²) in [7, 11) is 0. The van der Waals surface area contributed by atoms with Crippen molar-refractivity contribution in [3.63, 3.8) is 0 Å². The number of nitrogens with one attached hydrogen (secondary N) is 1. The number of esters is 1. The first-order valence-electron chi connectivity index (χ1n) is 5.99. The molecule has 1 aliphatic heterocycles. The van der Waals surface area contributed by atoms with Crippen LogP contribution in [0.15, 0.2) is 12.1 Å². The number of carbonyl (C=O) groups excluding carboxylic acids is 1. The molecule has 2 heterocycles. The molecule has 1 aromatic rings. The van der Waals surface area contributed by atoms with Gasteiger partial charge in [-0.1, -0.05) is 11.6 Å². The Kier molecular flexibility index (Phi) is 3.72. The lowest BCUT2D eigenvalue weighted by molar-refractivity contribution is -0.171. The summed E-state index contributed by atoms with van der Waals surface area (Å²) in [5.74, 6) is -0.113. The fraction of sp³-hybridized carbons (Fsp3) is 0.615. The molecule has 0 aromatic carbocycles. The molecular weight excluding hydrogens is 270 g/mol. The summed E-state index contributed by atoms with van der Waals surface area (Å²) in [6.45, 7) is 7.04. The first-order chi connectivity index (χ1) is 8.31. The zero-order valence-corrected chi connectivity index (χ0v) is 12.5. The van der Waals surface area contributed by atoms with E-state index in [9.17, 15) is 4.79 Å². The van der Waals surface area contributed by atoms with Gasteiger partial charge < -0.3 is 10.1 Å². The zero-order valence-electron chi connectivity index (χ0n) is 10.9. The number of halogens is 1. The van der Waals surface area contributed by atoms with Gasteiger partial charge in [-0.05, 0) is 32.9 Å². The molecule has 1 N–H and O–H groups in total. The Morgan fingerprint density at radius 1 is 1.50 bits per heavy atom. The fourth-order valence-electron chi connectivity index (χ4n) is 1.93. The standard InChI is InChI=1S/C13H18ClNO2S/c1-12(2,3)17-11(16)13(7-15-8-13)6-9-4-5-10(14)18-9/h4-5,15H,6-8H2,1-3H3. The Labute approximate surface area is 116 Å². The summed E-state index contributed by atoms with van der Waals surface area (Å²) >= 11 is 7.45. The third kappa shape index (κ3) is 3.05. The van der Waals surface area contributed by atoms with E-state index in [1.165, 1.54) is 11.3 Å². The molecule has 1 aliphatic rings. The minimum absolute atomic E-state index is 0.113. The first kappa shape index (κ1) is 13.8. The van der Waals surface area contributed by atoms with Crippen molar-refractivity contribution in [2.45, 2.75) is 32.8 Å². The van der Waals surface area contributed by atoms with Gasteiger partial charge in [0.1, 0.15) is 5.60 Å². The molecule has 0 amide bonds. The number of ether oxygens (including phenoxy) is 1. The van der Waals surface area contributed by atoms with Crippen LogP contribution in [0.1, 0.15) is 25.6 Å². The molecule has 1 fully saturated rings. The van der Waals surface area contributed by atoms with E-state index in [0.29, 0.717) is 19.5 Å². The lowest BCUT2D eigenvalue weighted by Gasteiger charge is -2.41. The Balaban J connectivity index is 2.08. The molecule has 0 spiro atoms. The SMILES string of the molecule is CC(C)(C)OC(=O)C1(Cc2ccc(Cl)s2)CNC1. The average Bonchev–Trinajstić information content (AvgIpc) is 2.54. The van der Waals surface area contributed by atoms with E-state index in [-0.39, 0.29) is 5.97 Å². The third-order valence-electron chi connectivity index (χ3n) is 2.90. The second-order valence-electron chi connectivity index (χ2n) is 5.77. The van der Waals surface area contributed by atoms with E-state index in [1.54, 1.807) is 0 Å². The maximum Gasteiger partial charge on any atom is 0.315 e. The van der Waals surface area contributed by atoms with Gasteiger partial charge in [0, 0.05) is 24.4 Å². The van der Waals surface area contributed by atoms with Crippen molar-refractivity contribution in [2.24, 2.45) is 5.41 Å².